The molecular weight excluding hydrogens is 568 g/mol. The van der Waals surface area contributed by atoms with Gasteiger partial charge in [-0.3, -0.25) is 24.1 Å². The molecule has 0 heterocycles. The lowest BCUT2D eigenvalue weighted by molar-refractivity contribution is -0.198. The molecule has 11 heteroatoms. The maximum atomic E-state index is 14.4. The third kappa shape index (κ3) is 3.62. The number of amides is 1. The van der Waals surface area contributed by atoms with E-state index in [1.807, 2.05) is 0 Å². The average Bonchev–Trinajstić information content (AvgIpc) is 2.93. The molecule has 1 amide bonds. The Morgan fingerprint density at radius 3 is 2.14 bits per heavy atom. The van der Waals surface area contributed by atoms with Gasteiger partial charge in [0, 0.05) is 11.5 Å². The number of rotatable bonds is 4. The highest BCUT2D eigenvalue weighted by Crippen LogP contribution is 2.62. The molecule has 6 atom stereocenters. The molecule has 0 aromatic heterocycles. The van der Waals surface area contributed by atoms with Crippen molar-refractivity contribution in [2.24, 2.45) is 40.7 Å². The van der Waals surface area contributed by atoms with E-state index in [0.717, 1.165) is 19.3 Å². The summed E-state index contributed by atoms with van der Waals surface area (Å²) in [4.78, 5) is 56.4. The van der Waals surface area contributed by atoms with Gasteiger partial charge in [0.1, 0.15) is 28.9 Å². The Kier molecular flexibility index (Phi) is 6.21. The van der Waals surface area contributed by atoms with Gasteiger partial charge in [-0.1, -0.05) is 19.1 Å². The Morgan fingerprint density at radius 1 is 1.00 bits per heavy atom. The first-order chi connectivity index (χ1) is 20.7. The summed E-state index contributed by atoms with van der Waals surface area (Å²) >= 11 is 0. The van der Waals surface area contributed by atoms with E-state index in [2.05, 4.69) is 0 Å². The lowest BCUT2D eigenvalue weighted by Crippen LogP contribution is -2.69. The number of carbonyl (C=O) groups is 4. The van der Waals surface area contributed by atoms with E-state index in [9.17, 15) is 39.6 Å². The van der Waals surface area contributed by atoms with Crippen LogP contribution >= 0.6 is 0 Å². The number of aliphatic hydroxyl groups is 3. The van der Waals surface area contributed by atoms with E-state index in [0.29, 0.717) is 42.6 Å². The number of aromatic hydroxyl groups is 1. The molecule has 44 heavy (non-hydrogen) atoms. The number of phenols is 1. The van der Waals surface area contributed by atoms with Crippen molar-refractivity contribution in [1.82, 2.24) is 4.90 Å². The second-order valence-electron chi connectivity index (χ2n) is 14.4. The van der Waals surface area contributed by atoms with Gasteiger partial charge in [-0.2, -0.15) is 0 Å². The van der Waals surface area contributed by atoms with E-state index in [1.54, 1.807) is 33.2 Å². The Balaban J connectivity index is 1.44. The zero-order valence-corrected chi connectivity index (χ0v) is 24.9. The van der Waals surface area contributed by atoms with Crippen molar-refractivity contribution in [2.45, 2.75) is 69.1 Å². The Morgan fingerprint density at radius 2 is 1.59 bits per heavy atom. The minimum atomic E-state index is -2.94. The summed E-state index contributed by atoms with van der Waals surface area (Å²) in [7, 11) is 3.10. The lowest BCUT2D eigenvalue weighted by Gasteiger charge is -2.57. The maximum absolute atomic E-state index is 14.4. The summed E-state index contributed by atoms with van der Waals surface area (Å²) < 4.78 is 6.48. The molecule has 0 aliphatic heterocycles. The zero-order chi connectivity index (χ0) is 31.6. The van der Waals surface area contributed by atoms with Crippen molar-refractivity contribution < 1.29 is 44.3 Å². The van der Waals surface area contributed by atoms with E-state index in [-0.39, 0.29) is 16.9 Å². The van der Waals surface area contributed by atoms with Crippen LogP contribution in [0.4, 0.5) is 0 Å². The van der Waals surface area contributed by atoms with Crippen LogP contribution in [0.2, 0.25) is 0 Å². The molecule has 0 saturated heterocycles. The number of ketones is 2. The number of ether oxygens (including phenoxy) is 1. The van der Waals surface area contributed by atoms with Crippen LogP contribution in [0.5, 0.6) is 5.75 Å². The molecular formula is C33H38N2O9. The topological polar surface area (TPSA) is 188 Å². The summed E-state index contributed by atoms with van der Waals surface area (Å²) in [6.45, 7) is 1.76. The Bertz CT molecular complexity index is 1560. The number of primary amides is 1. The first-order valence-corrected chi connectivity index (χ1v) is 15.4. The number of Topliss-reactive ketones (excluding diaryl/α,β-unsaturated/α-hetero) is 2. The number of phenolic OH excluding ortho intramolecular Hbond substituents is 1. The number of hydrogen-bond acceptors (Lipinski definition) is 10. The van der Waals surface area contributed by atoms with Crippen LogP contribution in [-0.2, 0) is 19.1 Å². The number of aliphatic hydroxyl groups excluding tert-OH is 2. The fraction of sp³-hybridized carbons (Fsp3) is 0.576. The van der Waals surface area contributed by atoms with Crippen LogP contribution in [0.25, 0.3) is 0 Å². The number of benzene rings is 1. The van der Waals surface area contributed by atoms with Gasteiger partial charge in [0.25, 0.3) is 5.91 Å². The minimum absolute atomic E-state index is 0.0908. The van der Waals surface area contributed by atoms with Crippen molar-refractivity contribution in [3.05, 3.63) is 52.0 Å². The van der Waals surface area contributed by atoms with Gasteiger partial charge in [-0.15, -0.1) is 0 Å². The van der Waals surface area contributed by atoms with Gasteiger partial charge < -0.3 is 30.9 Å². The van der Waals surface area contributed by atoms with Crippen molar-refractivity contribution in [3.63, 3.8) is 0 Å². The van der Waals surface area contributed by atoms with Crippen LogP contribution < -0.4 is 5.73 Å². The smallest absolute Gasteiger partial charge is 0.312 e. The number of hydrogen-bond donors (Lipinski definition) is 5. The van der Waals surface area contributed by atoms with Crippen LogP contribution in [-0.4, -0.2) is 80.6 Å². The summed E-state index contributed by atoms with van der Waals surface area (Å²) in [5.74, 6) is -7.98. The summed E-state index contributed by atoms with van der Waals surface area (Å²) in [6.07, 6.45) is 3.90. The molecule has 7 aliphatic carbocycles. The molecule has 234 valence electrons. The Labute approximate surface area is 254 Å². The third-order valence-corrected chi connectivity index (χ3v) is 11.7. The fourth-order valence-electron chi connectivity index (χ4n) is 10.3. The molecule has 8 rings (SSSR count). The number of nitrogens with two attached hydrogens (primary N) is 1. The van der Waals surface area contributed by atoms with Gasteiger partial charge in [0.05, 0.1) is 22.9 Å². The minimum Gasteiger partial charge on any atom is -0.510 e. The molecule has 4 bridgehead atoms. The summed E-state index contributed by atoms with van der Waals surface area (Å²) in [5, 5.41) is 46.1. The zero-order valence-electron chi connectivity index (χ0n) is 24.9. The molecule has 0 unspecified atom stereocenters. The SMILES string of the molecule is C[C@@H]1c2cccc(O)c2C(=O)C2=C(O)[C@]3(O)C(=O)C(C(N)=O)=C(O)[C@@H](N(C)C)[C@@H]3[C@@H](OC(=O)C34CC5CC(CC(C5)C3)C4)[C@H]21. The molecule has 0 spiro atoms. The summed E-state index contributed by atoms with van der Waals surface area (Å²) in [5.41, 5.74) is 0.905. The van der Waals surface area contributed by atoms with Gasteiger partial charge in [-0.25, -0.2) is 0 Å². The van der Waals surface area contributed by atoms with Gasteiger partial charge in [0.2, 0.25) is 5.78 Å². The van der Waals surface area contributed by atoms with Crippen molar-refractivity contribution >= 4 is 23.4 Å². The highest BCUT2D eigenvalue weighted by Gasteiger charge is 2.69. The van der Waals surface area contributed by atoms with Crippen LogP contribution in [0, 0.1) is 35.0 Å². The van der Waals surface area contributed by atoms with Crippen LogP contribution in [0.1, 0.15) is 67.3 Å². The van der Waals surface area contributed by atoms with Crippen molar-refractivity contribution in [2.75, 3.05) is 14.1 Å². The third-order valence-electron chi connectivity index (χ3n) is 11.7. The number of likely N-dealkylation sites (N-methyl/N-ethyl adjacent to an activating group) is 1. The highest BCUT2D eigenvalue weighted by molar-refractivity contribution is 6.25. The van der Waals surface area contributed by atoms with Gasteiger partial charge in [0.15, 0.2) is 11.4 Å². The monoisotopic (exact) mass is 606 g/mol. The van der Waals surface area contributed by atoms with Crippen LogP contribution in [0.15, 0.2) is 40.9 Å². The molecule has 1 aromatic carbocycles. The number of nitrogens with zero attached hydrogens (tertiary/aromatic N) is 1. The molecule has 6 N–H and O–H groups in total. The van der Waals surface area contributed by atoms with Crippen molar-refractivity contribution in [3.8, 4) is 5.75 Å². The first-order valence-electron chi connectivity index (χ1n) is 15.4. The number of carbonyl (C=O) groups excluding carboxylic acids is 4. The fourth-order valence-corrected chi connectivity index (χ4v) is 10.3. The average molecular weight is 607 g/mol. The number of fused-ring (bicyclic) bond motifs is 3. The van der Waals surface area contributed by atoms with Gasteiger partial charge in [-0.05, 0) is 87.9 Å². The molecule has 4 saturated carbocycles. The highest BCUT2D eigenvalue weighted by atomic mass is 16.5. The van der Waals surface area contributed by atoms with E-state index in [1.165, 1.54) is 11.0 Å². The quantitative estimate of drug-likeness (QED) is 0.252. The molecule has 4 fully saturated rings. The van der Waals surface area contributed by atoms with E-state index >= 15 is 0 Å². The molecule has 1 aromatic rings. The predicted molar refractivity (Wildman–Crippen MR) is 154 cm³/mol. The largest absolute Gasteiger partial charge is 0.510 e. The Hall–Kier alpha value is -3.70. The summed E-state index contributed by atoms with van der Waals surface area (Å²) in [6, 6.07) is 3.28. The van der Waals surface area contributed by atoms with Crippen LogP contribution in [0.3, 0.4) is 0 Å². The standard InChI is InChI=1S/C33H38N2O9/c1-13-17-5-4-6-18(36)20(17)25(37)21-19(13)27(44-31(42)32-10-14-7-15(11-32)9-16(8-14)12-32)23-24(35(2)3)26(38)22(30(34)41)29(40)33(23,43)28(21)39/h4-6,13-16,19,23-24,27,36,38-39,43H,7-12H2,1-3H3,(H2,34,41)/t13-,14?,15?,16?,19+,23-,24+,27+,32?,33+/m1/s1. The lowest BCUT2D eigenvalue weighted by atomic mass is 9.49. The molecule has 11 nitrogen and oxygen atoms in total. The van der Waals surface area contributed by atoms with E-state index in [4.69, 9.17) is 10.5 Å². The van der Waals surface area contributed by atoms with Gasteiger partial charge >= 0.3 is 5.97 Å². The maximum Gasteiger partial charge on any atom is 0.312 e. The second kappa shape index (κ2) is 9.40. The predicted octanol–water partition coefficient (Wildman–Crippen LogP) is 2.42. The number of esters is 1. The van der Waals surface area contributed by atoms with Crippen molar-refractivity contribution in [1.29, 1.82) is 0 Å². The second-order valence-corrected chi connectivity index (χ2v) is 14.4. The first kappa shape index (κ1) is 29.0. The molecule has 0 radical (unpaired) electrons. The van der Waals surface area contributed by atoms with E-state index < -0.39 is 81.4 Å². The molecule has 7 aliphatic rings. The normalized spacial score (nSPS) is 40.6.